The van der Waals surface area contributed by atoms with Crippen LogP contribution in [0.4, 0.5) is 0 Å². The first kappa shape index (κ1) is 15.7. The molecule has 0 spiro atoms. The molecule has 2 aliphatic rings. The first-order chi connectivity index (χ1) is 11.2. The van der Waals surface area contributed by atoms with E-state index in [1.807, 2.05) is 0 Å². The van der Waals surface area contributed by atoms with Crippen molar-refractivity contribution >= 4 is 5.97 Å². The second kappa shape index (κ2) is 6.91. The molecule has 1 N–H and O–H groups in total. The van der Waals surface area contributed by atoms with Crippen LogP contribution in [0.25, 0.3) is 5.69 Å². The second-order valence-corrected chi connectivity index (χ2v) is 5.84. The molecule has 0 unspecified atom stereocenters. The van der Waals surface area contributed by atoms with E-state index in [0.717, 1.165) is 57.5 Å². The predicted octanol–water partition coefficient (Wildman–Crippen LogP) is 2.35. The first-order valence-electron chi connectivity index (χ1n) is 7.96. The molecular formula is C17H21N3O3. The molecule has 6 heteroatoms. The highest BCUT2D eigenvalue weighted by Crippen LogP contribution is 2.31. The lowest BCUT2D eigenvalue weighted by molar-refractivity contribution is -0.134. The molecule has 1 saturated heterocycles. The number of benzene rings is 1. The van der Waals surface area contributed by atoms with Crippen LogP contribution in [-0.2, 0) is 22.4 Å². The summed E-state index contributed by atoms with van der Waals surface area (Å²) in [6, 6.07) is 8.61. The van der Waals surface area contributed by atoms with E-state index in [4.69, 9.17) is 14.6 Å². The van der Waals surface area contributed by atoms with E-state index in [1.54, 1.807) is 0 Å². The molecule has 0 saturated carbocycles. The minimum absolute atomic E-state index is 0.487. The standard InChI is InChI=1S/C15H17N3O.C2H4O2/c1-2-4-13-11(3-1)5-6-14-16-17-15(18(13)14)12-7-9-19-10-8-12;1-2(3)4/h1-4,12H,5-10H2;1H3,(H,3,4). The third kappa shape index (κ3) is 3.42. The summed E-state index contributed by atoms with van der Waals surface area (Å²) in [6.07, 6.45) is 4.18. The Hall–Kier alpha value is -2.21. The van der Waals surface area contributed by atoms with Crippen LogP contribution in [0.5, 0.6) is 0 Å². The van der Waals surface area contributed by atoms with Crippen LogP contribution in [-0.4, -0.2) is 39.1 Å². The molecule has 0 bridgehead atoms. The van der Waals surface area contributed by atoms with Crippen molar-refractivity contribution in [1.29, 1.82) is 0 Å². The molecule has 122 valence electrons. The van der Waals surface area contributed by atoms with Gasteiger partial charge < -0.3 is 9.84 Å². The molecule has 0 radical (unpaired) electrons. The van der Waals surface area contributed by atoms with Crippen molar-refractivity contribution in [2.24, 2.45) is 0 Å². The zero-order valence-electron chi connectivity index (χ0n) is 13.2. The highest BCUT2D eigenvalue weighted by atomic mass is 16.5. The molecule has 1 aromatic carbocycles. The van der Waals surface area contributed by atoms with E-state index in [0.29, 0.717) is 5.92 Å². The Kier molecular flexibility index (Phi) is 4.71. The number of ether oxygens (including phenoxy) is 1. The Morgan fingerprint density at radius 3 is 2.65 bits per heavy atom. The summed E-state index contributed by atoms with van der Waals surface area (Å²) in [4.78, 5) is 9.00. The molecule has 1 aromatic heterocycles. The summed E-state index contributed by atoms with van der Waals surface area (Å²) < 4.78 is 7.74. The summed E-state index contributed by atoms with van der Waals surface area (Å²) in [5.41, 5.74) is 2.68. The monoisotopic (exact) mass is 315 g/mol. The molecule has 4 rings (SSSR count). The number of hydrogen-bond donors (Lipinski definition) is 1. The molecule has 6 nitrogen and oxygen atoms in total. The van der Waals surface area contributed by atoms with E-state index < -0.39 is 5.97 Å². The quantitative estimate of drug-likeness (QED) is 0.874. The number of para-hydroxylation sites is 1. The van der Waals surface area contributed by atoms with Crippen LogP contribution in [0.3, 0.4) is 0 Å². The number of aromatic nitrogens is 3. The minimum atomic E-state index is -0.833. The minimum Gasteiger partial charge on any atom is -0.481 e. The summed E-state index contributed by atoms with van der Waals surface area (Å²) in [6.45, 7) is 2.77. The number of rotatable bonds is 1. The fraction of sp³-hybridized carbons (Fsp3) is 0.471. The predicted molar refractivity (Wildman–Crippen MR) is 84.9 cm³/mol. The third-order valence-corrected chi connectivity index (χ3v) is 4.19. The molecule has 0 amide bonds. The fourth-order valence-electron chi connectivity index (χ4n) is 3.16. The van der Waals surface area contributed by atoms with Gasteiger partial charge in [-0.15, -0.1) is 10.2 Å². The molecule has 3 heterocycles. The van der Waals surface area contributed by atoms with Crippen molar-refractivity contribution in [3.8, 4) is 5.69 Å². The Labute approximate surface area is 135 Å². The van der Waals surface area contributed by atoms with Gasteiger partial charge in [-0.05, 0) is 30.9 Å². The smallest absolute Gasteiger partial charge is 0.300 e. The van der Waals surface area contributed by atoms with Crippen LogP contribution in [0.1, 0.15) is 42.9 Å². The van der Waals surface area contributed by atoms with Crippen molar-refractivity contribution in [1.82, 2.24) is 14.8 Å². The number of nitrogens with zero attached hydrogens (tertiary/aromatic N) is 3. The van der Waals surface area contributed by atoms with Gasteiger partial charge in [0, 0.05) is 32.5 Å². The lowest BCUT2D eigenvalue weighted by Crippen LogP contribution is -2.20. The molecular weight excluding hydrogens is 294 g/mol. The van der Waals surface area contributed by atoms with Crippen LogP contribution < -0.4 is 0 Å². The van der Waals surface area contributed by atoms with E-state index >= 15 is 0 Å². The Bertz CT molecular complexity index is 686. The highest BCUT2D eigenvalue weighted by molar-refractivity contribution is 5.62. The van der Waals surface area contributed by atoms with Crippen molar-refractivity contribution < 1.29 is 14.6 Å². The van der Waals surface area contributed by atoms with Gasteiger partial charge >= 0.3 is 0 Å². The molecule has 1 fully saturated rings. The largest absolute Gasteiger partial charge is 0.481 e. The normalized spacial score (nSPS) is 16.7. The molecule has 2 aliphatic heterocycles. The summed E-state index contributed by atoms with van der Waals surface area (Å²) in [5, 5.41) is 16.3. The SMILES string of the molecule is CC(=O)O.c1ccc2c(c1)CCc1nnc(C3CCOCC3)n1-2. The maximum atomic E-state index is 9.00. The van der Waals surface area contributed by atoms with Crippen molar-refractivity contribution in [2.75, 3.05) is 13.2 Å². The topological polar surface area (TPSA) is 77.2 Å². The summed E-state index contributed by atoms with van der Waals surface area (Å²) in [5.74, 6) is 1.90. The molecule has 23 heavy (non-hydrogen) atoms. The molecule has 0 atom stereocenters. The second-order valence-electron chi connectivity index (χ2n) is 5.84. The number of carboxylic acids is 1. The highest BCUT2D eigenvalue weighted by Gasteiger charge is 2.27. The summed E-state index contributed by atoms with van der Waals surface area (Å²) in [7, 11) is 0. The van der Waals surface area contributed by atoms with Crippen molar-refractivity contribution in [2.45, 2.75) is 38.5 Å². The van der Waals surface area contributed by atoms with Crippen LogP contribution >= 0.6 is 0 Å². The molecule has 2 aromatic rings. The Morgan fingerprint density at radius 1 is 1.22 bits per heavy atom. The third-order valence-electron chi connectivity index (χ3n) is 4.19. The van der Waals surface area contributed by atoms with Gasteiger partial charge in [0.15, 0.2) is 0 Å². The first-order valence-corrected chi connectivity index (χ1v) is 7.96. The van der Waals surface area contributed by atoms with Gasteiger partial charge in [0.05, 0.1) is 5.69 Å². The lowest BCUT2D eigenvalue weighted by Gasteiger charge is -2.25. The van der Waals surface area contributed by atoms with Crippen molar-refractivity contribution in [3.63, 3.8) is 0 Å². The van der Waals surface area contributed by atoms with Gasteiger partial charge in [-0.2, -0.15) is 0 Å². The maximum absolute atomic E-state index is 9.00. The van der Waals surface area contributed by atoms with Gasteiger partial charge in [0.2, 0.25) is 0 Å². The van der Waals surface area contributed by atoms with Crippen LogP contribution in [0, 0.1) is 0 Å². The average Bonchev–Trinajstić information content (AvgIpc) is 3.00. The number of aliphatic carboxylic acids is 1. The number of carbonyl (C=O) groups is 1. The van der Waals surface area contributed by atoms with Gasteiger partial charge in [0.25, 0.3) is 5.97 Å². The number of fused-ring (bicyclic) bond motifs is 3. The van der Waals surface area contributed by atoms with Gasteiger partial charge in [-0.3, -0.25) is 9.36 Å². The average molecular weight is 315 g/mol. The van der Waals surface area contributed by atoms with Gasteiger partial charge in [-0.25, -0.2) is 0 Å². The van der Waals surface area contributed by atoms with E-state index in [-0.39, 0.29) is 0 Å². The van der Waals surface area contributed by atoms with Gasteiger partial charge in [-0.1, -0.05) is 18.2 Å². The zero-order chi connectivity index (χ0) is 16.2. The zero-order valence-corrected chi connectivity index (χ0v) is 13.2. The van der Waals surface area contributed by atoms with Gasteiger partial charge in [0.1, 0.15) is 11.6 Å². The molecule has 0 aliphatic carbocycles. The fourth-order valence-corrected chi connectivity index (χ4v) is 3.16. The van der Waals surface area contributed by atoms with Crippen molar-refractivity contribution in [3.05, 3.63) is 41.5 Å². The Balaban J connectivity index is 0.000000354. The van der Waals surface area contributed by atoms with E-state index in [2.05, 4.69) is 39.0 Å². The van der Waals surface area contributed by atoms with Crippen LogP contribution in [0.2, 0.25) is 0 Å². The lowest BCUT2D eigenvalue weighted by atomic mass is 9.97. The van der Waals surface area contributed by atoms with E-state index in [1.165, 1.54) is 11.3 Å². The van der Waals surface area contributed by atoms with Crippen LogP contribution in [0.15, 0.2) is 24.3 Å². The number of hydrogen-bond acceptors (Lipinski definition) is 4. The maximum Gasteiger partial charge on any atom is 0.300 e. The van der Waals surface area contributed by atoms with E-state index in [9.17, 15) is 0 Å². The number of carboxylic acid groups (broad SMARTS) is 1. The number of aryl methyl sites for hydroxylation is 2. The Morgan fingerprint density at radius 2 is 1.91 bits per heavy atom. The summed E-state index contributed by atoms with van der Waals surface area (Å²) >= 11 is 0.